The van der Waals surface area contributed by atoms with Crippen LogP contribution in [0.5, 0.6) is 0 Å². The van der Waals surface area contributed by atoms with Crippen LogP contribution in [0.4, 0.5) is 10.5 Å². The molecule has 0 fully saturated rings. The van der Waals surface area contributed by atoms with Gasteiger partial charge in [0.25, 0.3) is 5.91 Å². The second-order valence-electron chi connectivity index (χ2n) is 11.5. The molecular weight excluding hydrogens is 538 g/mol. The van der Waals surface area contributed by atoms with Gasteiger partial charge in [-0.1, -0.05) is 83.9 Å². The van der Waals surface area contributed by atoms with E-state index in [4.69, 9.17) is 16.3 Å². The number of nitrogens with one attached hydrogen (secondary N) is 2. The maximum Gasteiger partial charge on any atom is 0.408 e. The highest BCUT2D eigenvalue weighted by Crippen LogP contribution is 2.31. The first kappa shape index (κ1) is 31.7. The van der Waals surface area contributed by atoms with Crippen LogP contribution in [0, 0.1) is 13.8 Å². The Morgan fingerprint density at radius 1 is 0.927 bits per heavy atom. The number of alkyl carbamates (subject to hydrolysis) is 1. The largest absolute Gasteiger partial charge is 0.444 e. The Hall–Kier alpha value is -3.84. The number of hydrogen-bond acceptors (Lipinski definition) is 4. The maximum atomic E-state index is 14.4. The van der Waals surface area contributed by atoms with E-state index in [0.29, 0.717) is 16.3 Å². The van der Waals surface area contributed by atoms with Crippen LogP contribution < -0.4 is 10.6 Å². The zero-order chi connectivity index (χ0) is 30.3. The van der Waals surface area contributed by atoms with Gasteiger partial charge >= 0.3 is 6.09 Å². The van der Waals surface area contributed by atoms with E-state index >= 15 is 0 Å². The van der Waals surface area contributed by atoms with Crippen LogP contribution >= 0.6 is 11.6 Å². The van der Waals surface area contributed by atoms with Crippen molar-refractivity contribution in [3.05, 3.63) is 100 Å². The number of rotatable bonds is 9. The predicted octanol–water partition coefficient (Wildman–Crippen LogP) is 7.01. The van der Waals surface area contributed by atoms with Gasteiger partial charge in [0.05, 0.1) is 10.7 Å². The third kappa shape index (κ3) is 8.82. The number of nitrogens with zero attached hydrogens (tertiary/aromatic N) is 1. The number of halogens is 1. The minimum absolute atomic E-state index is 0.216. The number of carbonyl (C=O) groups is 3. The molecule has 0 aromatic heterocycles. The normalized spacial score (nSPS) is 12.8. The molecule has 3 rings (SSSR count). The second-order valence-corrected chi connectivity index (χ2v) is 11.9. The van der Waals surface area contributed by atoms with Crippen molar-refractivity contribution in [3.63, 3.8) is 0 Å². The summed E-state index contributed by atoms with van der Waals surface area (Å²) in [5, 5.41) is 6.15. The summed E-state index contributed by atoms with van der Waals surface area (Å²) >= 11 is 6.45. The minimum atomic E-state index is -1.00. The van der Waals surface area contributed by atoms with E-state index in [1.807, 2.05) is 94.4 Å². The molecule has 7 nitrogen and oxygen atoms in total. The lowest BCUT2D eigenvalue weighted by Gasteiger charge is -2.37. The lowest BCUT2D eigenvalue weighted by atomic mass is 9.97. The molecule has 0 aliphatic rings. The summed E-state index contributed by atoms with van der Waals surface area (Å²) in [7, 11) is 0. The molecule has 0 aliphatic heterocycles. The van der Waals surface area contributed by atoms with Gasteiger partial charge < -0.3 is 20.3 Å². The minimum Gasteiger partial charge on any atom is -0.444 e. The molecular formula is C33H40ClN3O4. The summed E-state index contributed by atoms with van der Waals surface area (Å²) in [5.41, 5.74) is 2.97. The molecule has 2 unspecified atom stereocenters. The highest BCUT2D eigenvalue weighted by Gasteiger charge is 2.38. The Kier molecular flexibility index (Phi) is 10.6. The Bertz CT molecular complexity index is 1350. The molecule has 2 N–H and O–H groups in total. The molecule has 3 aromatic carbocycles. The molecule has 0 saturated carbocycles. The smallest absolute Gasteiger partial charge is 0.408 e. The van der Waals surface area contributed by atoms with Crippen LogP contribution in [0.15, 0.2) is 72.8 Å². The number of carbonyl (C=O) groups excluding carboxylic acids is 3. The van der Waals surface area contributed by atoms with Gasteiger partial charge in [-0.05, 0) is 71.2 Å². The third-order valence-electron chi connectivity index (χ3n) is 6.44. The van der Waals surface area contributed by atoms with E-state index in [2.05, 4.69) is 10.6 Å². The fourth-order valence-corrected chi connectivity index (χ4v) is 4.89. The van der Waals surface area contributed by atoms with Crippen molar-refractivity contribution in [2.24, 2.45) is 0 Å². The monoisotopic (exact) mass is 577 g/mol. The number of para-hydroxylation sites is 1. The van der Waals surface area contributed by atoms with Gasteiger partial charge in [-0.3, -0.25) is 9.59 Å². The number of amides is 3. The fraction of sp³-hybridized carbons (Fsp3) is 0.364. The molecule has 41 heavy (non-hydrogen) atoms. The van der Waals surface area contributed by atoms with Crippen molar-refractivity contribution in [1.82, 2.24) is 10.2 Å². The molecule has 0 bridgehead atoms. The summed E-state index contributed by atoms with van der Waals surface area (Å²) in [6.07, 6.45) is -0.493. The Balaban J connectivity index is 2.08. The van der Waals surface area contributed by atoms with Gasteiger partial charge in [-0.2, -0.15) is 0 Å². The number of aryl methyl sites for hydroxylation is 2. The highest BCUT2D eigenvalue weighted by molar-refractivity contribution is 6.34. The summed E-state index contributed by atoms with van der Waals surface area (Å²) in [6.45, 7) is 12.8. The fourth-order valence-electron chi connectivity index (χ4n) is 4.62. The first-order valence-electron chi connectivity index (χ1n) is 13.7. The Morgan fingerprint density at radius 3 is 2.17 bits per heavy atom. The van der Waals surface area contributed by atoms with Gasteiger partial charge in [-0.15, -0.1) is 0 Å². The van der Waals surface area contributed by atoms with E-state index in [9.17, 15) is 14.4 Å². The summed E-state index contributed by atoms with van der Waals surface area (Å²) < 4.78 is 5.50. The number of ether oxygens (including phenoxy) is 1. The number of benzene rings is 3. The van der Waals surface area contributed by atoms with Crippen LogP contribution in [0.3, 0.4) is 0 Å². The van der Waals surface area contributed by atoms with E-state index in [1.165, 1.54) is 4.90 Å². The molecule has 0 heterocycles. The first-order chi connectivity index (χ1) is 19.3. The van der Waals surface area contributed by atoms with Crippen LogP contribution in [0.25, 0.3) is 0 Å². The maximum absolute atomic E-state index is 14.4. The standard InChI is InChI=1S/C33H40ClN3O4/c1-21(2)37(31(39)27(20-24-15-9-8-10-16-24)35-32(40)41-33(5,6)7)29(25-17-11-13-22(3)19-25)30(38)36-28-23(4)14-12-18-26(28)34/h8-19,21,27,29H,20H2,1-7H3,(H,35,40)(H,36,38). The second kappa shape index (κ2) is 13.7. The van der Waals surface area contributed by atoms with Crippen molar-refractivity contribution >= 4 is 35.2 Å². The molecule has 3 aromatic rings. The predicted molar refractivity (Wildman–Crippen MR) is 164 cm³/mol. The van der Waals surface area contributed by atoms with E-state index in [0.717, 1.165) is 16.7 Å². The van der Waals surface area contributed by atoms with Gasteiger partial charge in [0.15, 0.2) is 0 Å². The quantitative estimate of drug-likeness (QED) is 0.286. The number of anilines is 1. The summed E-state index contributed by atoms with van der Waals surface area (Å²) in [6, 6.07) is 19.9. The SMILES string of the molecule is Cc1cccc(C(C(=O)Nc2c(C)cccc2Cl)N(C(=O)C(Cc2ccccc2)NC(=O)OC(C)(C)C)C(C)C)c1. The van der Waals surface area contributed by atoms with Crippen LogP contribution in [0.2, 0.25) is 5.02 Å². The van der Waals surface area contributed by atoms with Crippen LogP contribution in [-0.4, -0.2) is 40.5 Å². The molecule has 0 radical (unpaired) electrons. The highest BCUT2D eigenvalue weighted by atomic mass is 35.5. The lowest BCUT2D eigenvalue weighted by Crippen LogP contribution is -2.55. The van der Waals surface area contributed by atoms with Crippen molar-refractivity contribution < 1.29 is 19.1 Å². The van der Waals surface area contributed by atoms with E-state index in [1.54, 1.807) is 26.8 Å². The topological polar surface area (TPSA) is 87.7 Å². The lowest BCUT2D eigenvalue weighted by molar-refractivity contribution is -0.142. The Labute approximate surface area is 248 Å². The Morgan fingerprint density at radius 2 is 1.59 bits per heavy atom. The molecule has 218 valence electrons. The van der Waals surface area contributed by atoms with Crippen molar-refractivity contribution in [3.8, 4) is 0 Å². The molecule has 0 aliphatic carbocycles. The van der Waals surface area contributed by atoms with Crippen LogP contribution in [0.1, 0.15) is 62.9 Å². The molecule has 3 amide bonds. The average molecular weight is 578 g/mol. The van der Waals surface area contributed by atoms with Crippen molar-refractivity contribution in [2.75, 3.05) is 5.32 Å². The van der Waals surface area contributed by atoms with E-state index in [-0.39, 0.29) is 6.42 Å². The number of hydrogen-bond donors (Lipinski definition) is 2. The zero-order valence-corrected chi connectivity index (χ0v) is 25.6. The summed E-state index contributed by atoms with van der Waals surface area (Å²) in [4.78, 5) is 42.9. The van der Waals surface area contributed by atoms with Gasteiger partial charge in [0.2, 0.25) is 5.91 Å². The molecule has 0 saturated heterocycles. The van der Waals surface area contributed by atoms with E-state index < -0.39 is 41.6 Å². The molecule has 2 atom stereocenters. The third-order valence-corrected chi connectivity index (χ3v) is 6.75. The van der Waals surface area contributed by atoms with Crippen molar-refractivity contribution in [1.29, 1.82) is 0 Å². The summed E-state index contributed by atoms with van der Waals surface area (Å²) in [5.74, 6) is -0.822. The zero-order valence-electron chi connectivity index (χ0n) is 24.8. The van der Waals surface area contributed by atoms with Gasteiger partial charge in [0, 0.05) is 12.5 Å². The van der Waals surface area contributed by atoms with Gasteiger partial charge in [-0.25, -0.2) is 4.79 Å². The van der Waals surface area contributed by atoms with Crippen molar-refractivity contribution in [2.45, 2.75) is 78.6 Å². The molecule has 0 spiro atoms. The van der Waals surface area contributed by atoms with Crippen LogP contribution in [-0.2, 0) is 20.7 Å². The first-order valence-corrected chi connectivity index (χ1v) is 14.1. The molecule has 8 heteroatoms. The van der Waals surface area contributed by atoms with Gasteiger partial charge in [0.1, 0.15) is 17.7 Å². The average Bonchev–Trinajstić information content (AvgIpc) is 2.88.